The summed E-state index contributed by atoms with van der Waals surface area (Å²) in [6.07, 6.45) is -37.0. The summed E-state index contributed by atoms with van der Waals surface area (Å²) >= 11 is 0. The highest BCUT2D eigenvalue weighted by Crippen LogP contribution is 2.37. The molecule has 0 aromatic rings. The highest BCUT2D eigenvalue weighted by atomic mass is 16.8. The lowest BCUT2D eigenvalue weighted by atomic mass is 9.88. The molecule has 0 bridgehead atoms. The van der Waals surface area contributed by atoms with Crippen LogP contribution in [-0.4, -0.2) is 267 Å². The van der Waals surface area contributed by atoms with E-state index in [0.717, 1.165) is 20.8 Å². The Morgan fingerprint density at radius 3 is 1.36 bits per heavy atom. The third-order valence-corrected chi connectivity index (χ3v) is 11.4. The minimum absolute atomic E-state index is 0.784. The first-order chi connectivity index (χ1) is 30.7. The molecule has 380 valence electrons. The van der Waals surface area contributed by atoms with Crippen LogP contribution >= 0.6 is 0 Å². The fraction of sp³-hybridized carbons (Fsp3) is 0.861. The zero-order valence-electron chi connectivity index (χ0n) is 35.4. The van der Waals surface area contributed by atoms with Gasteiger partial charge in [0.1, 0.15) is 85.4 Å². The van der Waals surface area contributed by atoms with Crippen molar-refractivity contribution in [3.05, 3.63) is 0 Å². The van der Waals surface area contributed by atoms with E-state index < -0.39 is 203 Å². The van der Waals surface area contributed by atoms with Crippen molar-refractivity contribution in [3.63, 3.8) is 0 Å². The molecule has 30 heteroatoms. The van der Waals surface area contributed by atoms with Gasteiger partial charge in [-0.2, -0.15) is 0 Å². The van der Waals surface area contributed by atoms with Gasteiger partial charge in [-0.3, -0.25) is 14.4 Å². The van der Waals surface area contributed by atoms with E-state index in [2.05, 4.69) is 16.0 Å². The number of ether oxygens (including phenoxy) is 7. The van der Waals surface area contributed by atoms with E-state index in [9.17, 15) is 101 Å². The molecule has 4 saturated heterocycles. The quantitative estimate of drug-likeness (QED) is 0.0571. The van der Waals surface area contributed by atoms with Crippen molar-refractivity contribution in [1.82, 2.24) is 16.0 Å². The van der Waals surface area contributed by atoms with Gasteiger partial charge in [0.15, 0.2) is 12.6 Å². The maximum Gasteiger partial charge on any atom is 0.364 e. The SMILES string of the molecule is CC(=O)N[C@@H]1[C@@H](O[C@@H]2O[C@H](COC3(C(=O)O)C[C@H](O)[C@@H](NC(C)=O)[C@H]([C@H](O)[C@H](O)CO)O3)[C@H](O)[C@H](O)[C@H]2O)[C@@H](O)[C@@H](CO[C@]2(C(=O)O)C[C@H](O)[C@@H](NC(C)=O)[C@H]([C@H](O)[C@H](O)CO)O2)O[C@@H]1O. The van der Waals surface area contributed by atoms with Crippen molar-refractivity contribution >= 4 is 29.7 Å². The monoisotopic (exact) mass is 965 g/mol. The van der Waals surface area contributed by atoms with Gasteiger partial charge >= 0.3 is 11.9 Å². The topological polar surface area (TPSA) is 490 Å². The molecule has 66 heavy (non-hydrogen) atoms. The molecule has 4 rings (SSSR count). The molecule has 4 heterocycles. The summed E-state index contributed by atoms with van der Waals surface area (Å²) in [6, 6.07) is -4.95. The second-order valence-electron chi connectivity index (χ2n) is 16.3. The van der Waals surface area contributed by atoms with Crippen molar-refractivity contribution in [3.8, 4) is 0 Å². The first-order valence-corrected chi connectivity index (χ1v) is 20.3. The predicted octanol–water partition coefficient (Wildman–Crippen LogP) is -10.9. The molecule has 0 radical (unpaired) electrons. The highest BCUT2D eigenvalue weighted by molar-refractivity contribution is 5.77. The average molecular weight is 966 g/mol. The van der Waals surface area contributed by atoms with Crippen molar-refractivity contribution in [2.45, 2.75) is 167 Å². The van der Waals surface area contributed by atoms with Gasteiger partial charge in [0.05, 0.1) is 50.7 Å². The summed E-state index contributed by atoms with van der Waals surface area (Å²) in [6.45, 7) is -1.42. The fourth-order valence-electron chi connectivity index (χ4n) is 7.93. The van der Waals surface area contributed by atoms with E-state index in [4.69, 9.17) is 33.2 Å². The van der Waals surface area contributed by atoms with Crippen molar-refractivity contribution in [2.24, 2.45) is 0 Å². The number of carbonyl (C=O) groups is 5. The van der Waals surface area contributed by atoms with Crippen LogP contribution in [0.1, 0.15) is 33.6 Å². The Bertz CT molecular complexity index is 1680. The third kappa shape index (κ3) is 12.2. The molecule has 0 saturated carbocycles. The maximum atomic E-state index is 12.7. The number of aliphatic carboxylic acids is 2. The second-order valence-corrected chi connectivity index (χ2v) is 16.3. The van der Waals surface area contributed by atoms with Crippen molar-refractivity contribution < 1.29 is 134 Å². The summed E-state index contributed by atoms with van der Waals surface area (Å²) in [7, 11) is 0. The second kappa shape index (κ2) is 22.8. The van der Waals surface area contributed by atoms with Crippen LogP contribution in [0.5, 0.6) is 0 Å². The molecule has 0 aromatic carbocycles. The number of amides is 3. The molecule has 4 aliphatic rings. The number of hydrogen-bond donors (Lipinski definition) is 18. The molecule has 4 aliphatic heterocycles. The van der Waals surface area contributed by atoms with Crippen LogP contribution in [0.2, 0.25) is 0 Å². The number of aliphatic hydroxyl groups excluding tert-OH is 13. The zero-order valence-corrected chi connectivity index (χ0v) is 35.4. The fourth-order valence-corrected chi connectivity index (χ4v) is 7.93. The Labute approximate surface area is 373 Å². The van der Waals surface area contributed by atoms with E-state index in [1.165, 1.54) is 0 Å². The third-order valence-electron chi connectivity index (χ3n) is 11.4. The molecule has 3 amide bonds. The zero-order chi connectivity index (χ0) is 49.7. The lowest BCUT2D eigenvalue weighted by Gasteiger charge is -2.49. The lowest BCUT2D eigenvalue weighted by Crippen LogP contribution is -2.69. The molecule has 4 fully saturated rings. The van der Waals surface area contributed by atoms with Gasteiger partial charge in [-0.15, -0.1) is 0 Å². The maximum absolute atomic E-state index is 12.7. The molecular formula is C36H59N3O27. The van der Waals surface area contributed by atoms with Crippen LogP contribution in [0.4, 0.5) is 0 Å². The largest absolute Gasteiger partial charge is 0.477 e. The summed E-state index contributed by atoms with van der Waals surface area (Å²) in [4.78, 5) is 61.4. The van der Waals surface area contributed by atoms with Gasteiger partial charge in [0, 0.05) is 33.6 Å². The number of nitrogens with one attached hydrogen (secondary N) is 3. The number of hydrogen-bond acceptors (Lipinski definition) is 25. The number of carbonyl (C=O) groups excluding carboxylic acids is 3. The van der Waals surface area contributed by atoms with E-state index in [1.54, 1.807) is 0 Å². The van der Waals surface area contributed by atoms with Gasteiger partial charge in [-0.25, -0.2) is 9.59 Å². The first kappa shape index (κ1) is 55.1. The molecule has 0 spiro atoms. The van der Waals surface area contributed by atoms with Crippen molar-refractivity contribution in [1.29, 1.82) is 0 Å². The van der Waals surface area contributed by atoms with Gasteiger partial charge in [-0.05, 0) is 0 Å². The lowest BCUT2D eigenvalue weighted by molar-refractivity contribution is -0.360. The van der Waals surface area contributed by atoms with Crippen LogP contribution in [0.15, 0.2) is 0 Å². The summed E-state index contributed by atoms with van der Waals surface area (Å²) < 4.78 is 38.9. The minimum atomic E-state index is -2.98. The average Bonchev–Trinajstić information content (AvgIpc) is 3.24. The van der Waals surface area contributed by atoms with Gasteiger partial charge in [-0.1, -0.05) is 0 Å². The molecule has 18 N–H and O–H groups in total. The van der Waals surface area contributed by atoms with Crippen LogP contribution < -0.4 is 16.0 Å². The molecule has 30 nitrogen and oxygen atoms in total. The molecule has 0 aliphatic carbocycles. The Morgan fingerprint density at radius 2 is 0.985 bits per heavy atom. The summed E-state index contributed by atoms with van der Waals surface area (Å²) in [5.41, 5.74) is 0. The number of rotatable bonds is 19. The van der Waals surface area contributed by atoms with E-state index >= 15 is 0 Å². The van der Waals surface area contributed by atoms with E-state index in [-0.39, 0.29) is 0 Å². The predicted molar refractivity (Wildman–Crippen MR) is 203 cm³/mol. The smallest absolute Gasteiger partial charge is 0.364 e. The Hall–Kier alpha value is -3.45. The molecule has 0 aromatic heterocycles. The van der Waals surface area contributed by atoms with E-state index in [0.29, 0.717) is 0 Å². The van der Waals surface area contributed by atoms with Crippen LogP contribution in [0.3, 0.4) is 0 Å². The summed E-state index contributed by atoms with van der Waals surface area (Å²) in [5, 5.41) is 165. The van der Waals surface area contributed by atoms with E-state index in [1.807, 2.05) is 0 Å². The Kier molecular flexibility index (Phi) is 19.0. The normalized spacial score (nSPS) is 41.4. The first-order valence-electron chi connectivity index (χ1n) is 20.3. The minimum Gasteiger partial charge on any atom is -0.477 e. The van der Waals surface area contributed by atoms with Gasteiger partial charge in [0.2, 0.25) is 17.7 Å². The van der Waals surface area contributed by atoms with Gasteiger partial charge < -0.3 is 126 Å². The highest BCUT2D eigenvalue weighted by Gasteiger charge is 2.59. The Balaban J connectivity index is 1.59. The molecular weight excluding hydrogens is 906 g/mol. The molecule has 1 unspecified atom stereocenters. The molecule has 22 atom stereocenters. The van der Waals surface area contributed by atoms with Crippen LogP contribution in [0.25, 0.3) is 0 Å². The number of carboxylic acids is 2. The van der Waals surface area contributed by atoms with Crippen molar-refractivity contribution in [2.75, 3.05) is 26.4 Å². The standard InChI is InChI=1S/C36H59N3O27/c1-10(42)37-19-13(45)4-35(33(56)57,65-29(19)22(49)15(47)6-40)60-8-17-24(51)26(53)27(54)32(63-17)64-28-21(39-12(3)44)31(55)62-18(25(28)52)9-61-36(34(58)59)5-14(46)20(38-11(2)43)30(66-36)23(50)16(48)7-41/h13-32,40-41,45-55H,4-9H2,1-3H3,(H,37,42)(H,38,43)(H,39,44)(H,56,57)(H,58,59)/t13-,14-,15+,16+,17+,18+,19+,20+,21+,22+,23+,24-,25-,26-,27+,28+,29+,30+,31-,32-,35?,36+/m0/s1. The number of aliphatic hydroxyl groups is 13. The van der Waals surface area contributed by atoms with Crippen LogP contribution in [0, 0.1) is 0 Å². The summed E-state index contributed by atoms with van der Waals surface area (Å²) in [5.74, 6) is -12.3. The van der Waals surface area contributed by atoms with Crippen LogP contribution in [-0.2, 0) is 57.1 Å². The van der Waals surface area contributed by atoms with Gasteiger partial charge in [0.25, 0.3) is 11.6 Å². The Morgan fingerprint density at radius 1 is 0.591 bits per heavy atom. The number of carboxylic acid groups (broad SMARTS) is 2.